The van der Waals surface area contributed by atoms with Crippen molar-refractivity contribution >= 4 is 10.0 Å². The second kappa shape index (κ2) is 6.24. The van der Waals surface area contributed by atoms with Crippen LogP contribution in [0.2, 0.25) is 0 Å². The van der Waals surface area contributed by atoms with Crippen LogP contribution in [0.4, 0.5) is 0 Å². The molecule has 1 saturated heterocycles. The summed E-state index contributed by atoms with van der Waals surface area (Å²) in [7, 11) is -3.53. The highest BCUT2D eigenvalue weighted by molar-refractivity contribution is 7.89. The normalized spacial score (nSPS) is 21.2. The van der Waals surface area contributed by atoms with E-state index in [1.165, 1.54) is 19.3 Å². The van der Waals surface area contributed by atoms with E-state index >= 15 is 0 Å². The quantitative estimate of drug-likeness (QED) is 0.890. The molecular formula is C13H23N3O3S. The Morgan fingerprint density at radius 2 is 2.15 bits per heavy atom. The van der Waals surface area contributed by atoms with Gasteiger partial charge in [0.25, 0.3) is 0 Å². The van der Waals surface area contributed by atoms with E-state index in [2.05, 4.69) is 21.7 Å². The maximum Gasteiger partial charge on any atom is 0.246 e. The molecule has 0 amide bonds. The average Bonchev–Trinajstić information content (AvgIpc) is 2.72. The molecule has 7 heteroatoms. The number of sulfonamides is 1. The molecule has 1 fully saturated rings. The van der Waals surface area contributed by atoms with Gasteiger partial charge in [0.05, 0.1) is 0 Å². The van der Waals surface area contributed by atoms with Crippen molar-refractivity contribution in [2.24, 2.45) is 0 Å². The molecule has 1 aromatic heterocycles. The van der Waals surface area contributed by atoms with Gasteiger partial charge in [-0.25, -0.2) is 13.1 Å². The number of nitrogens with one attached hydrogen (secondary N) is 1. The van der Waals surface area contributed by atoms with Gasteiger partial charge < -0.3 is 4.52 Å². The highest BCUT2D eigenvalue weighted by atomic mass is 32.2. The largest absolute Gasteiger partial charge is 0.360 e. The number of likely N-dealkylation sites (tertiary alicyclic amines) is 1. The third-order valence-electron chi connectivity index (χ3n) is 3.87. The third kappa shape index (κ3) is 3.39. The zero-order chi connectivity index (χ0) is 14.8. The van der Waals surface area contributed by atoms with Gasteiger partial charge in [0.15, 0.2) is 5.76 Å². The predicted octanol–water partition coefficient (Wildman–Crippen LogP) is 1.44. The van der Waals surface area contributed by atoms with Crippen LogP contribution < -0.4 is 4.72 Å². The molecule has 1 aliphatic rings. The van der Waals surface area contributed by atoms with E-state index in [-0.39, 0.29) is 4.90 Å². The number of aromatic nitrogens is 1. The molecule has 114 valence electrons. The number of aryl methyl sites for hydroxylation is 2. The van der Waals surface area contributed by atoms with Gasteiger partial charge in [-0.2, -0.15) is 0 Å². The molecule has 2 heterocycles. The summed E-state index contributed by atoms with van der Waals surface area (Å²) in [6.45, 7) is 7.65. The van der Waals surface area contributed by atoms with E-state index < -0.39 is 10.0 Å². The molecule has 0 bridgehead atoms. The number of piperidine rings is 1. The minimum absolute atomic E-state index is 0.171. The molecule has 1 aromatic rings. The molecule has 1 atom stereocenters. The fourth-order valence-electron chi connectivity index (χ4n) is 2.74. The van der Waals surface area contributed by atoms with Crippen LogP contribution in [-0.4, -0.2) is 44.2 Å². The van der Waals surface area contributed by atoms with E-state index in [1.54, 1.807) is 13.8 Å². The number of nitrogens with zero attached hydrogens (tertiary/aromatic N) is 2. The van der Waals surface area contributed by atoms with Gasteiger partial charge in [0, 0.05) is 19.1 Å². The summed E-state index contributed by atoms with van der Waals surface area (Å²) in [5.41, 5.74) is 0.404. The van der Waals surface area contributed by atoms with Crippen LogP contribution in [0.5, 0.6) is 0 Å². The first-order valence-electron chi connectivity index (χ1n) is 7.08. The molecule has 0 aromatic carbocycles. The van der Waals surface area contributed by atoms with Crippen LogP contribution in [0.1, 0.15) is 37.6 Å². The molecule has 0 unspecified atom stereocenters. The van der Waals surface area contributed by atoms with Crippen molar-refractivity contribution in [3.8, 4) is 0 Å². The molecule has 1 N–H and O–H groups in total. The second-order valence-electron chi connectivity index (χ2n) is 5.43. The van der Waals surface area contributed by atoms with Crippen LogP contribution in [0.15, 0.2) is 9.42 Å². The highest BCUT2D eigenvalue weighted by Crippen LogP contribution is 2.19. The molecular weight excluding hydrogens is 278 g/mol. The fourth-order valence-corrected chi connectivity index (χ4v) is 4.09. The number of hydrogen-bond donors (Lipinski definition) is 1. The maximum atomic E-state index is 12.2. The fraction of sp³-hybridized carbons (Fsp3) is 0.769. The van der Waals surface area contributed by atoms with Crippen molar-refractivity contribution in [2.75, 3.05) is 19.6 Å². The summed E-state index contributed by atoms with van der Waals surface area (Å²) in [6, 6.07) is 0.535. The van der Waals surface area contributed by atoms with E-state index in [4.69, 9.17) is 4.52 Å². The topological polar surface area (TPSA) is 75.4 Å². The molecule has 0 saturated carbocycles. The summed E-state index contributed by atoms with van der Waals surface area (Å²) >= 11 is 0. The zero-order valence-electron chi connectivity index (χ0n) is 12.3. The molecule has 2 rings (SSSR count). The van der Waals surface area contributed by atoms with Crippen LogP contribution in [0, 0.1) is 13.8 Å². The minimum atomic E-state index is -3.53. The van der Waals surface area contributed by atoms with Crippen LogP contribution in [-0.2, 0) is 10.0 Å². The van der Waals surface area contributed by atoms with Gasteiger partial charge in [0.2, 0.25) is 10.0 Å². The summed E-state index contributed by atoms with van der Waals surface area (Å²) in [6.07, 6.45) is 3.65. The zero-order valence-corrected chi connectivity index (χ0v) is 13.2. The van der Waals surface area contributed by atoms with Crippen molar-refractivity contribution in [1.82, 2.24) is 14.8 Å². The monoisotopic (exact) mass is 301 g/mol. The average molecular weight is 301 g/mol. The van der Waals surface area contributed by atoms with Crippen LogP contribution >= 0.6 is 0 Å². The molecule has 1 aliphatic heterocycles. The van der Waals surface area contributed by atoms with Crippen LogP contribution in [0.3, 0.4) is 0 Å². The van der Waals surface area contributed by atoms with Gasteiger partial charge >= 0.3 is 0 Å². The first kappa shape index (κ1) is 15.5. The van der Waals surface area contributed by atoms with Crippen molar-refractivity contribution in [2.45, 2.75) is 51.0 Å². The lowest BCUT2D eigenvalue weighted by Crippen LogP contribution is -2.42. The molecule has 6 nitrogen and oxygen atoms in total. The molecule has 20 heavy (non-hydrogen) atoms. The van der Waals surface area contributed by atoms with Gasteiger partial charge in [-0.05, 0) is 40.2 Å². The maximum absolute atomic E-state index is 12.2. The lowest BCUT2D eigenvalue weighted by molar-refractivity contribution is 0.164. The predicted molar refractivity (Wildman–Crippen MR) is 76.1 cm³/mol. The van der Waals surface area contributed by atoms with Crippen LogP contribution in [0.25, 0.3) is 0 Å². The van der Waals surface area contributed by atoms with Gasteiger partial charge in [-0.3, -0.25) is 4.90 Å². The van der Waals surface area contributed by atoms with Gasteiger partial charge in [-0.1, -0.05) is 11.6 Å². The Labute approximate surface area is 120 Å². The van der Waals surface area contributed by atoms with Crippen molar-refractivity contribution in [1.29, 1.82) is 0 Å². The van der Waals surface area contributed by atoms with Crippen molar-refractivity contribution in [3.63, 3.8) is 0 Å². The van der Waals surface area contributed by atoms with Gasteiger partial charge in [0.1, 0.15) is 10.6 Å². The molecule has 0 spiro atoms. The Morgan fingerprint density at radius 1 is 1.40 bits per heavy atom. The van der Waals surface area contributed by atoms with E-state index in [9.17, 15) is 8.42 Å². The van der Waals surface area contributed by atoms with E-state index in [1.807, 2.05) is 0 Å². The Balaban J connectivity index is 1.93. The van der Waals surface area contributed by atoms with Crippen molar-refractivity contribution in [3.05, 3.63) is 11.5 Å². The first-order valence-corrected chi connectivity index (χ1v) is 8.56. The minimum Gasteiger partial charge on any atom is -0.360 e. The molecule has 0 aliphatic carbocycles. The summed E-state index contributed by atoms with van der Waals surface area (Å²) in [5.74, 6) is 0.335. The van der Waals surface area contributed by atoms with E-state index in [0.717, 1.165) is 13.1 Å². The summed E-state index contributed by atoms with van der Waals surface area (Å²) < 4.78 is 32.0. The summed E-state index contributed by atoms with van der Waals surface area (Å²) in [4.78, 5) is 2.50. The lowest BCUT2D eigenvalue weighted by Gasteiger charge is -2.33. The Kier molecular flexibility index (Phi) is 4.82. The first-order chi connectivity index (χ1) is 9.42. The van der Waals surface area contributed by atoms with Gasteiger partial charge in [-0.15, -0.1) is 0 Å². The third-order valence-corrected chi connectivity index (χ3v) is 5.57. The Bertz CT molecular complexity index is 534. The smallest absolute Gasteiger partial charge is 0.246 e. The highest BCUT2D eigenvalue weighted by Gasteiger charge is 2.24. The standard InChI is InChI=1S/C13H23N3O3S/c1-10-6-4-5-8-16(10)9-7-14-20(17,18)13-11(2)15-19-12(13)3/h10,14H,4-9H2,1-3H3/t10-/m1/s1. The summed E-state index contributed by atoms with van der Waals surface area (Å²) in [5, 5.41) is 3.69. The number of rotatable bonds is 5. The second-order valence-corrected chi connectivity index (χ2v) is 7.14. The SMILES string of the molecule is Cc1noc(C)c1S(=O)(=O)NCCN1CCCC[C@H]1C. The molecule has 0 radical (unpaired) electrons. The van der Waals surface area contributed by atoms with E-state index in [0.29, 0.717) is 24.0 Å². The van der Waals surface area contributed by atoms with Crippen molar-refractivity contribution < 1.29 is 12.9 Å². The Morgan fingerprint density at radius 3 is 2.75 bits per heavy atom. The lowest BCUT2D eigenvalue weighted by atomic mass is 10.0. The number of hydrogen-bond acceptors (Lipinski definition) is 5. The Hall–Kier alpha value is -0.920.